The zero-order chi connectivity index (χ0) is 8.97. The third-order valence-corrected chi connectivity index (χ3v) is 2.64. The summed E-state index contributed by atoms with van der Waals surface area (Å²) in [4.78, 5) is 2.22. The van der Waals surface area contributed by atoms with Crippen molar-refractivity contribution in [1.29, 1.82) is 0 Å². The molecule has 1 aliphatic rings. The maximum absolute atomic E-state index is 9.37. The molecule has 12 heavy (non-hydrogen) atoms. The lowest BCUT2D eigenvalue weighted by Crippen LogP contribution is -2.40. The SMILES string of the molecule is C[C@@H](O)[C@H]1CCCN(CCO)C1. The highest BCUT2D eigenvalue weighted by atomic mass is 16.3. The predicted octanol–water partition coefficient (Wildman–Crippen LogP) is 0.0715. The Morgan fingerprint density at radius 3 is 2.92 bits per heavy atom. The molecule has 72 valence electrons. The molecule has 0 spiro atoms. The van der Waals surface area contributed by atoms with Crippen molar-refractivity contribution in [3.8, 4) is 0 Å². The van der Waals surface area contributed by atoms with E-state index >= 15 is 0 Å². The van der Waals surface area contributed by atoms with Gasteiger partial charge in [0.2, 0.25) is 0 Å². The molecule has 1 heterocycles. The summed E-state index contributed by atoms with van der Waals surface area (Å²) in [5, 5.41) is 18.1. The third kappa shape index (κ3) is 2.73. The van der Waals surface area contributed by atoms with Gasteiger partial charge in [0.1, 0.15) is 0 Å². The van der Waals surface area contributed by atoms with Crippen molar-refractivity contribution in [2.45, 2.75) is 25.9 Å². The molecular formula is C9H19NO2. The van der Waals surface area contributed by atoms with Crippen molar-refractivity contribution >= 4 is 0 Å². The normalized spacial score (nSPS) is 28.8. The maximum Gasteiger partial charge on any atom is 0.0558 e. The fraction of sp³-hybridized carbons (Fsp3) is 1.00. The zero-order valence-electron chi connectivity index (χ0n) is 7.74. The van der Waals surface area contributed by atoms with E-state index in [2.05, 4.69) is 4.90 Å². The molecular weight excluding hydrogens is 154 g/mol. The first-order chi connectivity index (χ1) is 5.74. The molecule has 0 aromatic rings. The van der Waals surface area contributed by atoms with E-state index in [1.807, 2.05) is 6.92 Å². The number of β-amino-alcohol motifs (C(OH)–C–C–N with tert-alkyl or cyclic N) is 1. The Balaban J connectivity index is 2.30. The highest BCUT2D eigenvalue weighted by Crippen LogP contribution is 2.18. The first-order valence-electron chi connectivity index (χ1n) is 4.75. The lowest BCUT2D eigenvalue weighted by atomic mass is 9.93. The molecule has 0 unspecified atom stereocenters. The lowest BCUT2D eigenvalue weighted by Gasteiger charge is -2.33. The quantitative estimate of drug-likeness (QED) is 0.635. The Bertz CT molecular complexity index is 126. The maximum atomic E-state index is 9.37. The first-order valence-corrected chi connectivity index (χ1v) is 4.75. The van der Waals surface area contributed by atoms with E-state index in [0.717, 1.165) is 32.5 Å². The van der Waals surface area contributed by atoms with Crippen LogP contribution in [0.15, 0.2) is 0 Å². The fourth-order valence-corrected chi connectivity index (χ4v) is 1.83. The van der Waals surface area contributed by atoms with Crippen molar-refractivity contribution in [3.63, 3.8) is 0 Å². The second kappa shape index (κ2) is 4.80. The number of aliphatic hydroxyl groups is 2. The van der Waals surface area contributed by atoms with Crippen molar-refractivity contribution in [1.82, 2.24) is 4.90 Å². The second-order valence-corrected chi connectivity index (χ2v) is 3.67. The third-order valence-electron chi connectivity index (χ3n) is 2.64. The summed E-state index contributed by atoms with van der Waals surface area (Å²) < 4.78 is 0. The van der Waals surface area contributed by atoms with Gasteiger partial charge < -0.3 is 15.1 Å². The molecule has 0 radical (unpaired) electrons. The summed E-state index contributed by atoms with van der Waals surface area (Å²) in [6, 6.07) is 0. The highest BCUT2D eigenvalue weighted by Gasteiger charge is 2.22. The summed E-state index contributed by atoms with van der Waals surface area (Å²) in [5.41, 5.74) is 0. The van der Waals surface area contributed by atoms with E-state index in [0.29, 0.717) is 5.92 Å². The van der Waals surface area contributed by atoms with Crippen LogP contribution in [0.5, 0.6) is 0 Å². The van der Waals surface area contributed by atoms with Gasteiger partial charge in [-0.15, -0.1) is 0 Å². The number of aliphatic hydroxyl groups excluding tert-OH is 2. The molecule has 2 N–H and O–H groups in total. The van der Waals surface area contributed by atoms with Gasteiger partial charge in [0.25, 0.3) is 0 Å². The van der Waals surface area contributed by atoms with Crippen LogP contribution < -0.4 is 0 Å². The lowest BCUT2D eigenvalue weighted by molar-refractivity contribution is 0.0557. The van der Waals surface area contributed by atoms with E-state index < -0.39 is 0 Å². The summed E-state index contributed by atoms with van der Waals surface area (Å²) in [5.74, 6) is 0.408. The number of hydrogen-bond donors (Lipinski definition) is 2. The molecule has 1 saturated heterocycles. The van der Waals surface area contributed by atoms with Crippen molar-refractivity contribution in [2.24, 2.45) is 5.92 Å². The molecule has 0 aliphatic carbocycles. The fourth-order valence-electron chi connectivity index (χ4n) is 1.83. The number of piperidine rings is 1. The highest BCUT2D eigenvalue weighted by molar-refractivity contribution is 4.75. The molecule has 3 nitrogen and oxygen atoms in total. The van der Waals surface area contributed by atoms with Crippen molar-refractivity contribution in [2.75, 3.05) is 26.2 Å². The van der Waals surface area contributed by atoms with Gasteiger partial charge in [-0.3, -0.25) is 0 Å². The van der Waals surface area contributed by atoms with Crippen LogP contribution in [0.2, 0.25) is 0 Å². The molecule has 1 aliphatic heterocycles. The molecule has 3 heteroatoms. The number of rotatable bonds is 3. The van der Waals surface area contributed by atoms with E-state index in [9.17, 15) is 5.11 Å². The Hall–Kier alpha value is -0.120. The van der Waals surface area contributed by atoms with Gasteiger partial charge in [-0.25, -0.2) is 0 Å². The summed E-state index contributed by atoms with van der Waals surface area (Å²) in [6.07, 6.45) is 2.07. The van der Waals surface area contributed by atoms with E-state index in [4.69, 9.17) is 5.11 Å². The average molecular weight is 173 g/mol. The zero-order valence-corrected chi connectivity index (χ0v) is 7.74. The minimum atomic E-state index is -0.202. The van der Waals surface area contributed by atoms with Gasteiger partial charge >= 0.3 is 0 Å². The smallest absolute Gasteiger partial charge is 0.0558 e. The van der Waals surface area contributed by atoms with Crippen LogP contribution in [-0.2, 0) is 0 Å². The van der Waals surface area contributed by atoms with Gasteiger partial charge in [-0.2, -0.15) is 0 Å². The van der Waals surface area contributed by atoms with Crippen LogP contribution in [0.3, 0.4) is 0 Å². The standard InChI is InChI=1S/C9H19NO2/c1-8(12)9-3-2-4-10(7-9)5-6-11/h8-9,11-12H,2-7H2,1H3/t8-,9+/m1/s1. The van der Waals surface area contributed by atoms with Gasteiger partial charge in [-0.05, 0) is 32.2 Å². The van der Waals surface area contributed by atoms with E-state index in [-0.39, 0.29) is 12.7 Å². The Morgan fingerprint density at radius 1 is 1.58 bits per heavy atom. The minimum Gasteiger partial charge on any atom is -0.395 e. The molecule has 1 rings (SSSR count). The van der Waals surface area contributed by atoms with Gasteiger partial charge in [0, 0.05) is 13.1 Å². The monoisotopic (exact) mass is 173 g/mol. The van der Waals surface area contributed by atoms with Crippen LogP contribution >= 0.6 is 0 Å². The number of likely N-dealkylation sites (tertiary alicyclic amines) is 1. The van der Waals surface area contributed by atoms with Crippen molar-refractivity contribution < 1.29 is 10.2 Å². The molecule has 0 aromatic carbocycles. The van der Waals surface area contributed by atoms with Crippen LogP contribution in [-0.4, -0.2) is 47.5 Å². The van der Waals surface area contributed by atoms with Gasteiger partial charge in [-0.1, -0.05) is 0 Å². The topological polar surface area (TPSA) is 43.7 Å². The molecule has 1 fully saturated rings. The summed E-state index contributed by atoms with van der Waals surface area (Å²) in [6.45, 7) is 4.85. The molecule has 0 aromatic heterocycles. The summed E-state index contributed by atoms with van der Waals surface area (Å²) in [7, 11) is 0. The largest absolute Gasteiger partial charge is 0.395 e. The van der Waals surface area contributed by atoms with Gasteiger partial charge in [0.05, 0.1) is 12.7 Å². The molecule has 0 amide bonds. The number of nitrogens with zero attached hydrogens (tertiary/aromatic N) is 1. The van der Waals surface area contributed by atoms with Crippen LogP contribution in [0, 0.1) is 5.92 Å². The summed E-state index contributed by atoms with van der Waals surface area (Å²) >= 11 is 0. The van der Waals surface area contributed by atoms with Crippen LogP contribution in [0.4, 0.5) is 0 Å². The van der Waals surface area contributed by atoms with Crippen LogP contribution in [0.1, 0.15) is 19.8 Å². The molecule has 0 saturated carbocycles. The van der Waals surface area contributed by atoms with E-state index in [1.165, 1.54) is 0 Å². The molecule has 2 atom stereocenters. The minimum absolute atomic E-state index is 0.202. The van der Waals surface area contributed by atoms with Crippen molar-refractivity contribution in [3.05, 3.63) is 0 Å². The Labute approximate surface area is 74.0 Å². The first kappa shape index (κ1) is 9.96. The Kier molecular flexibility index (Phi) is 3.98. The number of hydrogen-bond acceptors (Lipinski definition) is 3. The average Bonchev–Trinajstić information content (AvgIpc) is 2.05. The predicted molar refractivity (Wildman–Crippen MR) is 47.9 cm³/mol. The van der Waals surface area contributed by atoms with Gasteiger partial charge in [0.15, 0.2) is 0 Å². The Morgan fingerprint density at radius 2 is 2.33 bits per heavy atom. The molecule has 0 bridgehead atoms. The van der Waals surface area contributed by atoms with Crippen LogP contribution in [0.25, 0.3) is 0 Å². The second-order valence-electron chi connectivity index (χ2n) is 3.67. The van der Waals surface area contributed by atoms with E-state index in [1.54, 1.807) is 0 Å².